The monoisotopic (exact) mass is 491 g/mol. The van der Waals surface area contributed by atoms with Crippen molar-refractivity contribution in [2.45, 2.75) is 0 Å². The lowest BCUT2D eigenvalue weighted by Gasteiger charge is -2.26. The first-order valence-electron chi connectivity index (χ1n) is 12.7. The molecule has 6 aromatic carbocycles. The molecule has 38 heavy (non-hydrogen) atoms. The third kappa shape index (κ3) is 4.71. The molecule has 182 valence electrons. The lowest BCUT2D eigenvalue weighted by molar-refractivity contribution is 0.426. The second-order valence-corrected chi connectivity index (χ2v) is 9.29. The topological polar surface area (TPSA) is 43.7 Å². The molecule has 0 unspecified atom stereocenters. The predicted octanol–water partition coefficient (Wildman–Crippen LogP) is 7.32. The SMILES string of the molecule is OB(O)c1ccc(N(c2ccc(-c3ccccc3)cc2)c2ccc(-c3cccc4ccccc34)cc2)cc1. The van der Waals surface area contributed by atoms with E-state index in [1.807, 2.05) is 30.3 Å². The minimum Gasteiger partial charge on any atom is -0.423 e. The van der Waals surface area contributed by atoms with Gasteiger partial charge in [0.05, 0.1) is 0 Å². The Kier molecular flexibility index (Phi) is 6.49. The van der Waals surface area contributed by atoms with Crippen molar-refractivity contribution in [1.29, 1.82) is 0 Å². The number of fused-ring (bicyclic) bond motifs is 1. The van der Waals surface area contributed by atoms with Crippen molar-refractivity contribution in [3.8, 4) is 22.3 Å². The van der Waals surface area contributed by atoms with Crippen LogP contribution >= 0.6 is 0 Å². The van der Waals surface area contributed by atoms with Crippen LogP contribution in [-0.4, -0.2) is 17.2 Å². The maximum atomic E-state index is 9.58. The zero-order valence-corrected chi connectivity index (χ0v) is 20.8. The van der Waals surface area contributed by atoms with Gasteiger partial charge < -0.3 is 14.9 Å². The fraction of sp³-hybridized carbons (Fsp3) is 0. The standard InChI is InChI=1S/C34H26BNO2/c37-35(38)29-17-23-32(24-18-29)36(30-19-13-26(14-20-30)25-7-2-1-3-8-25)31-21-15-28(16-22-31)34-12-6-10-27-9-4-5-11-33(27)34/h1-24,37-38H. The fourth-order valence-corrected chi connectivity index (χ4v) is 4.94. The summed E-state index contributed by atoms with van der Waals surface area (Å²) in [4.78, 5) is 2.18. The number of hydrogen-bond acceptors (Lipinski definition) is 3. The minimum atomic E-state index is -1.50. The Hall–Kier alpha value is -4.64. The second-order valence-electron chi connectivity index (χ2n) is 9.29. The van der Waals surface area contributed by atoms with Crippen molar-refractivity contribution in [2.24, 2.45) is 0 Å². The Balaban J connectivity index is 1.40. The molecule has 3 nitrogen and oxygen atoms in total. The van der Waals surface area contributed by atoms with Gasteiger partial charge in [-0.15, -0.1) is 0 Å². The first-order valence-corrected chi connectivity index (χ1v) is 12.7. The predicted molar refractivity (Wildman–Crippen MR) is 159 cm³/mol. The quantitative estimate of drug-likeness (QED) is 0.240. The summed E-state index contributed by atoms with van der Waals surface area (Å²) in [7, 11) is -1.50. The van der Waals surface area contributed by atoms with Crippen molar-refractivity contribution in [2.75, 3.05) is 4.90 Å². The van der Waals surface area contributed by atoms with E-state index in [1.165, 1.54) is 21.9 Å². The summed E-state index contributed by atoms with van der Waals surface area (Å²) in [6.45, 7) is 0. The third-order valence-electron chi connectivity index (χ3n) is 6.91. The van der Waals surface area contributed by atoms with Crippen LogP contribution < -0.4 is 10.4 Å². The summed E-state index contributed by atoms with van der Waals surface area (Å²) >= 11 is 0. The van der Waals surface area contributed by atoms with E-state index in [0.29, 0.717) is 5.46 Å². The summed E-state index contributed by atoms with van der Waals surface area (Å²) in [5, 5.41) is 21.6. The molecule has 0 atom stereocenters. The van der Waals surface area contributed by atoms with E-state index in [2.05, 4.69) is 108 Å². The minimum absolute atomic E-state index is 0.458. The lowest BCUT2D eigenvalue weighted by atomic mass is 9.80. The fourth-order valence-electron chi connectivity index (χ4n) is 4.94. The second kappa shape index (κ2) is 10.4. The van der Waals surface area contributed by atoms with E-state index in [9.17, 15) is 10.0 Å². The van der Waals surface area contributed by atoms with Gasteiger partial charge in [-0.3, -0.25) is 0 Å². The molecule has 0 bridgehead atoms. The van der Waals surface area contributed by atoms with Crippen molar-refractivity contribution in [3.05, 3.63) is 146 Å². The molecule has 0 aliphatic rings. The van der Waals surface area contributed by atoms with Crippen LogP contribution in [-0.2, 0) is 0 Å². The molecule has 0 aromatic heterocycles. The number of benzene rings is 6. The Bertz CT molecular complexity index is 1660. The summed E-state index contributed by atoms with van der Waals surface area (Å²) in [5.41, 5.74) is 8.10. The largest absolute Gasteiger partial charge is 0.488 e. The summed E-state index contributed by atoms with van der Waals surface area (Å²) in [6, 6.07) is 49.6. The first-order chi connectivity index (χ1) is 18.7. The summed E-state index contributed by atoms with van der Waals surface area (Å²) < 4.78 is 0. The molecule has 0 aliphatic carbocycles. The van der Waals surface area contributed by atoms with Crippen LogP contribution in [0.25, 0.3) is 33.0 Å². The average molecular weight is 491 g/mol. The van der Waals surface area contributed by atoms with Gasteiger partial charge in [0, 0.05) is 17.1 Å². The Morgan fingerprint density at radius 3 is 1.55 bits per heavy atom. The Morgan fingerprint density at radius 2 is 0.921 bits per heavy atom. The van der Waals surface area contributed by atoms with Gasteiger partial charge in [0.2, 0.25) is 0 Å². The molecular weight excluding hydrogens is 465 g/mol. The third-order valence-corrected chi connectivity index (χ3v) is 6.91. The van der Waals surface area contributed by atoms with Crippen LogP contribution in [0.15, 0.2) is 146 Å². The molecule has 4 heteroatoms. The molecule has 0 radical (unpaired) electrons. The number of nitrogens with zero attached hydrogens (tertiary/aromatic N) is 1. The van der Waals surface area contributed by atoms with E-state index in [1.54, 1.807) is 12.1 Å². The average Bonchev–Trinajstić information content (AvgIpc) is 2.98. The molecule has 0 heterocycles. The molecule has 0 fully saturated rings. The van der Waals surface area contributed by atoms with Gasteiger partial charge >= 0.3 is 7.12 Å². The number of hydrogen-bond donors (Lipinski definition) is 2. The lowest BCUT2D eigenvalue weighted by Crippen LogP contribution is -2.29. The highest BCUT2D eigenvalue weighted by Crippen LogP contribution is 2.37. The van der Waals surface area contributed by atoms with E-state index in [4.69, 9.17) is 0 Å². The van der Waals surface area contributed by atoms with Crippen molar-refractivity contribution in [3.63, 3.8) is 0 Å². The maximum Gasteiger partial charge on any atom is 0.488 e. The number of rotatable bonds is 6. The van der Waals surface area contributed by atoms with E-state index in [0.717, 1.165) is 28.2 Å². The molecule has 6 aromatic rings. The first kappa shape index (κ1) is 23.7. The smallest absolute Gasteiger partial charge is 0.423 e. The van der Waals surface area contributed by atoms with Gasteiger partial charge in [0.1, 0.15) is 0 Å². The Labute approximate surface area is 223 Å². The molecule has 0 saturated heterocycles. The zero-order chi connectivity index (χ0) is 25.9. The van der Waals surface area contributed by atoms with Crippen molar-refractivity contribution in [1.82, 2.24) is 0 Å². The van der Waals surface area contributed by atoms with Crippen LogP contribution in [0.4, 0.5) is 17.1 Å². The van der Waals surface area contributed by atoms with Gasteiger partial charge in [-0.05, 0) is 74.9 Å². The van der Waals surface area contributed by atoms with Crippen molar-refractivity contribution >= 4 is 40.4 Å². The van der Waals surface area contributed by atoms with Crippen molar-refractivity contribution < 1.29 is 10.0 Å². The van der Waals surface area contributed by atoms with E-state index in [-0.39, 0.29) is 0 Å². The van der Waals surface area contributed by atoms with Crippen LogP contribution in [0.3, 0.4) is 0 Å². The number of anilines is 3. The molecule has 0 saturated carbocycles. The van der Waals surface area contributed by atoms with Crippen LogP contribution in [0.2, 0.25) is 0 Å². The van der Waals surface area contributed by atoms with Crippen LogP contribution in [0, 0.1) is 0 Å². The van der Waals surface area contributed by atoms with Gasteiger partial charge in [0.15, 0.2) is 0 Å². The van der Waals surface area contributed by atoms with Gasteiger partial charge in [0.25, 0.3) is 0 Å². The highest BCUT2D eigenvalue weighted by atomic mass is 16.4. The summed E-state index contributed by atoms with van der Waals surface area (Å²) in [6.07, 6.45) is 0. The highest BCUT2D eigenvalue weighted by Gasteiger charge is 2.16. The molecule has 0 aliphatic heterocycles. The van der Waals surface area contributed by atoms with E-state index < -0.39 is 7.12 Å². The van der Waals surface area contributed by atoms with Crippen LogP contribution in [0.1, 0.15) is 0 Å². The zero-order valence-electron chi connectivity index (χ0n) is 20.8. The molecule has 0 amide bonds. The molecule has 6 rings (SSSR count). The maximum absolute atomic E-state index is 9.58. The van der Waals surface area contributed by atoms with E-state index >= 15 is 0 Å². The molecule has 2 N–H and O–H groups in total. The highest BCUT2D eigenvalue weighted by molar-refractivity contribution is 6.58. The molecule has 0 spiro atoms. The van der Waals surface area contributed by atoms with Gasteiger partial charge in [-0.25, -0.2) is 0 Å². The van der Waals surface area contributed by atoms with Gasteiger partial charge in [-0.1, -0.05) is 109 Å². The Morgan fingerprint density at radius 1 is 0.421 bits per heavy atom. The summed E-state index contributed by atoms with van der Waals surface area (Å²) in [5.74, 6) is 0. The molecular formula is C34H26BNO2. The van der Waals surface area contributed by atoms with Crippen LogP contribution in [0.5, 0.6) is 0 Å². The normalized spacial score (nSPS) is 10.9. The van der Waals surface area contributed by atoms with Gasteiger partial charge in [-0.2, -0.15) is 0 Å².